The molecule has 1 saturated heterocycles. The average molecular weight is 270 g/mol. The van der Waals surface area contributed by atoms with Crippen LogP contribution in [0.15, 0.2) is 0 Å². The summed E-state index contributed by atoms with van der Waals surface area (Å²) in [7, 11) is 3.66. The summed E-state index contributed by atoms with van der Waals surface area (Å²) >= 11 is 0. The zero-order chi connectivity index (χ0) is 14.4. The maximum absolute atomic E-state index is 12.2. The number of nitrogens with zero attached hydrogens (tertiary/aromatic N) is 1. The number of carbonyl (C=O) groups excluding carboxylic acids is 1. The van der Waals surface area contributed by atoms with E-state index in [0.717, 1.165) is 32.3 Å². The molecule has 19 heavy (non-hydrogen) atoms. The highest BCUT2D eigenvalue weighted by atomic mass is 16.5. The van der Waals surface area contributed by atoms with Crippen molar-refractivity contribution in [2.24, 2.45) is 5.92 Å². The molecule has 1 aliphatic heterocycles. The number of hydrogen-bond donors (Lipinski definition) is 1. The van der Waals surface area contributed by atoms with E-state index in [-0.39, 0.29) is 11.9 Å². The van der Waals surface area contributed by atoms with E-state index < -0.39 is 0 Å². The van der Waals surface area contributed by atoms with Crippen molar-refractivity contribution in [3.63, 3.8) is 0 Å². The molecule has 0 spiro atoms. The minimum Gasteiger partial charge on any atom is -0.378 e. The van der Waals surface area contributed by atoms with Gasteiger partial charge in [0.15, 0.2) is 0 Å². The highest BCUT2D eigenvalue weighted by Crippen LogP contribution is 2.18. The van der Waals surface area contributed by atoms with Crippen LogP contribution in [0.2, 0.25) is 0 Å². The molecule has 0 saturated carbocycles. The summed E-state index contributed by atoms with van der Waals surface area (Å²) in [5, 5.41) is 3.56. The van der Waals surface area contributed by atoms with Crippen molar-refractivity contribution >= 4 is 5.91 Å². The lowest BCUT2D eigenvalue weighted by atomic mass is 9.97. The molecule has 0 aromatic heterocycles. The van der Waals surface area contributed by atoms with Crippen molar-refractivity contribution in [2.75, 3.05) is 20.7 Å². The Morgan fingerprint density at radius 1 is 1.42 bits per heavy atom. The summed E-state index contributed by atoms with van der Waals surface area (Å²) in [5.74, 6) is 0.705. The van der Waals surface area contributed by atoms with Crippen LogP contribution in [0, 0.1) is 5.92 Å². The fourth-order valence-corrected chi connectivity index (χ4v) is 2.62. The van der Waals surface area contributed by atoms with Crippen LogP contribution in [-0.4, -0.2) is 49.7 Å². The van der Waals surface area contributed by atoms with Crippen LogP contribution in [-0.2, 0) is 9.53 Å². The number of hydrogen-bond acceptors (Lipinski definition) is 3. The third-order valence-corrected chi connectivity index (χ3v) is 3.71. The van der Waals surface area contributed by atoms with Gasteiger partial charge in [0.25, 0.3) is 0 Å². The standard InChI is InChI=1S/C15H30N2O2/c1-6-13-10-12(7-8-19-13)16-14(9-11(2)3)15(18)17(4)5/h11-14,16H,6-10H2,1-5H3. The van der Waals surface area contributed by atoms with Gasteiger partial charge in [-0.3, -0.25) is 4.79 Å². The van der Waals surface area contributed by atoms with Gasteiger partial charge in [0.2, 0.25) is 5.91 Å². The molecule has 1 heterocycles. The molecule has 4 heteroatoms. The zero-order valence-corrected chi connectivity index (χ0v) is 13.1. The zero-order valence-electron chi connectivity index (χ0n) is 13.1. The summed E-state index contributed by atoms with van der Waals surface area (Å²) < 4.78 is 5.69. The van der Waals surface area contributed by atoms with Crippen molar-refractivity contribution in [3.8, 4) is 0 Å². The Hall–Kier alpha value is -0.610. The molecule has 3 unspecified atom stereocenters. The first-order valence-corrected chi connectivity index (χ1v) is 7.52. The summed E-state index contributed by atoms with van der Waals surface area (Å²) in [4.78, 5) is 13.9. The Morgan fingerprint density at radius 2 is 2.11 bits per heavy atom. The van der Waals surface area contributed by atoms with Gasteiger partial charge in [-0.1, -0.05) is 20.8 Å². The molecule has 1 rings (SSSR count). The predicted octanol–water partition coefficient (Wildman–Crippen LogP) is 2.04. The molecule has 0 radical (unpaired) electrons. The number of amides is 1. The van der Waals surface area contributed by atoms with Crippen LogP contribution in [0.25, 0.3) is 0 Å². The van der Waals surface area contributed by atoms with Gasteiger partial charge in [-0.05, 0) is 31.6 Å². The maximum Gasteiger partial charge on any atom is 0.239 e. The van der Waals surface area contributed by atoms with E-state index in [1.807, 2.05) is 14.1 Å². The second-order valence-electron chi connectivity index (χ2n) is 6.20. The van der Waals surface area contributed by atoms with E-state index in [0.29, 0.717) is 18.1 Å². The molecule has 0 aromatic rings. The molecule has 0 bridgehead atoms. The highest BCUT2D eigenvalue weighted by Gasteiger charge is 2.27. The summed E-state index contributed by atoms with van der Waals surface area (Å²) in [5.41, 5.74) is 0. The number of ether oxygens (including phenoxy) is 1. The van der Waals surface area contributed by atoms with Gasteiger partial charge >= 0.3 is 0 Å². The lowest BCUT2D eigenvalue weighted by Gasteiger charge is -2.33. The van der Waals surface area contributed by atoms with Gasteiger partial charge in [0, 0.05) is 26.7 Å². The van der Waals surface area contributed by atoms with E-state index in [4.69, 9.17) is 4.74 Å². The first-order chi connectivity index (χ1) is 8.93. The van der Waals surface area contributed by atoms with E-state index >= 15 is 0 Å². The van der Waals surface area contributed by atoms with Gasteiger partial charge in [-0.15, -0.1) is 0 Å². The van der Waals surface area contributed by atoms with Crippen LogP contribution in [0.5, 0.6) is 0 Å². The van der Waals surface area contributed by atoms with E-state index in [2.05, 4.69) is 26.1 Å². The van der Waals surface area contributed by atoms with Gasteiger partial charge in [0.1, 0.15) is 0 Å². The molecular weight excluding hydrogens is 240 g/mol. The normalized spacial score (nSPS) is 25.4. The second kappa shape index (κ2) is 7.85. The van der Waals surface area contributed by atoms with Gasteiger partial charge in [-0.25, -0.2) is 0 Å². The van der Waals surface area contributed by atoms with Gasteiger partial charge in [-0.2, -0.15) is 0 Å². The quantitative estimate of drug-likeness (QED) is 0.803. The largest absolute Gasteiger partial charge is 0.378 e. The molecule has 0 aromatic carbocycles. The first kappa shape index (κ1) is 16.4. The van der Waals surface area contributed by atoms with Crippen LogP contribution in [0.3, 0.4) is 0 Å². The number of likely N-dealkylation sites (N-methyl/N-ethyl adjacent to an activating group) is 1. The molecule has 1 amide bonds. The van der Waals surface area contributed by atoms with Gasteiger partial charge in [0.05, 0.1) is 12.1 Å². The number of carbonyl (C=O) groups is 1. The lowest BCUT2D eigenvalue weighted by molar-refractivity contribution is -0.132. The van der Waals surface area contributed by atoms with Gasteiger partial charge < -0.3 is 15.0 Å². The Bertz CT molecular complexity index is 279. The van der Waals surface area contributed by atoms with Crippen molar-refractivity contribution in [3.05, 3.63) is 0 Å². The second-order valence-corrected chi connectivity index (χ2v) is 6.20. The third kappa shape index (κ3) is 5.49. The Labute approximate surface area is 117 Å². The molecule has 112 valence electrons. The minimum absolute atomic E-state index is 0.0596. The SMILES string of the molecule is CCC1CC(NC(CC(C)C)C(=O)N(C)C)CCO1. The van der Waals surface area contributed by atoms with Crippen LogP contribution >= 0.6 is 0 Å². The number of nitrogens with one attached hydrogen (secondary N) is 1. The Morgan fingerprint density at radius 3 is 2.63 bits per heavy atom. The Kier molecular flexibility index (Phi) is 6.80. The molecule has 1 N–H and O–H groups in total. The predicted molar refractivity (Wildman–Crippen MR) is 78.1 cm³/mol. The summed E-state index contributed by atoms with van der Waals surface area (Å²) in [6.07, 6.45) is 4.32. The van der Waals surface area contributed by atoms with Crippen molar-refractivity contribution < 1.29 is 9.53 Å². The molecule has 1 aliphatic rings. The monoisotopic (exact) mass is 270 g/mol. The van der Waals surface area contributed by atoms with Crippen molar-refractivity contribution in [1.82, 2.24) is 10.2 Å². The first-order valence-electron chi connectivity index (χ1n) is 7.52. The smallest absolute Gasteiger partial charge is 0.239 e. The summed E-state index contributed by atoms with van der Waals surface area (Å²) in [6.45, 7) is 7.29. The third-order valence-electron chi connectivity index (χ3n) is 3.71. The fraction of sp³-hybridized carbons (Fsp3) is 0.933. The lowest BCUT2D eigenvalue weighted by Crippen LogP contribution is -2.51. The fourth-order valence-electron chi connectivity index (χ4n) is 2.62. The Balaban J connectivity index is 2.58. The average Bonchev–Trinajstić information content (AvgIpc) is 2.36. The molecular formula is C15H30N2O2. The van der Waals surface area contributed by atoms with Crippen molar-refractivity contribution in [2.45, 2.75) is 64.6 Å². The van der Waals surface area contributed by atoms with E-state index in [1.54, 1.807) is 4.90 Å². The number of rotatable bonds is 6. The van der Waals surface area contributed by atoms with Crippen LogP contribution in [0.1, 0.15) is 46.5 Å². The molecule has 3 atom stereocenters. The molecule has 4 nitrogen and oxygen atoms in total. The van der Waals surface area contributed by atoms with Crippen LogP contribution < -0.4 is 5.32 Å². The molecule has 1 fully saturated rings. The minimum atomic E-state index is -0.0596. The van der Waals surface area contributed by atoms with Crippen LogP contribution in [0.4, 0.5) is 0 Å². The molecule has 0 aliphatic carbocycles. The highest BCUT2D eigenvalue weighted by molar-refractivity contribution is 5.81. The van der Waals surface area contributed by atoms with E-state index in [9.17, 15) is 4.79 Å². The summed E-state index contributed by atoms with van der Waals surface area (Å²) in [6, 6.07) is 0.349. The topological polar surface area (TPSA) is 41.6 Å². The van der Waals surface area contributed by atoms with E-state index in [1.165, 1.54) is 0 Å². The van der Waals surface area contributed by atoms with Crippen molar-refractivity contribution in [1.29, 1.82) is 0 Å². The maximum atomic E-state index is 12.2.